The molecule has 102 valence electrons. The van der Waals surface area contributed by atoms with Crippen LogP contribution in [0.1, 0.15) is 34.1 Å². The highest BCUT2D eigenvalue weighted by molar-refractivity contribution is 4.80. The van der Waals surface area contributed by atoms with E-state index in [0.29, 0.717) is 12.0 Å². The summed E-state index contributed by atoms with van der Waals surface area (Å²) in [6.45, 7) is 15.4. The lowest BCUT2D eigenvalue weighted by Gasteiger charge is -2.39. The van der Waals surface area contributed by atoms with Gasteiger partial charge in [-0.1, -0.05) is 20.8 Å². The molecule has 0 aliphatic carbocycles. The van der Waals surface area contributed by atoms with Gasteiger partial charge in [0.2, 0.25) is 0 Å². The lowest BCUT2D eigenvalue weighted by atomic mass is 10.0. The normalized spacial score (nSPS) is 22.9. The molecule has 3 heteroatoms. The van der Waals surface area contributed by atoms with Crippen LogP contribution in [0.5, 0.6) is 0 Å². The highest BCUT2D eigenvalue weighted by Crippen LogP contribution is 2.10. The van der Waals surface area contributed by atoms with Crippen LogP contribution < -0.4 is 5.32 Å². The average Bonchev–Trinajstić information content (AvgIpc) is 2.35. The van der Waals surface area contributed by atoms with E-state index in [1.807, 2.05) is 0 Å². The summed E-state index contributed by atoms with van der Waals surface area (Å²) in [4.78, 5) is 5.24. The Morgan fingerprint density at radius 3 is 2.06 bits per heavy atom. The van der Waals surface area contributed by atoms with Crippen LogP contribution in [-0.4, -0.2) is 61.7 Å². The molecule has 1 aliphatic rings. The predicted molar refractivity (Wildman–Crippen MR) is 75.5 cm³/mol. The Kier molecular flexibility index (Phi) is 6.45. The molecular formula is C14H31N3. The molecule has 1 fully saturated rings. The summed E-state index contributed by atoms with van der Waals surface area (Å²) >= 11 is 0. The number of nitrogens with zero attached hydrogens (tertiary/aromatic N) is 2. The zero-order valence-corrected chi connectivity index (χ0v) is 12.4. The van der Waals surface area contributed by atoms with Crippen LogP contribution in [0, 0.1) is 5.92 Å². The first-order valence-electron chi connectivity index (χ1n) is 7.22. The Balaban J connectivity index is 2.31. The van der Waals surface area contributed by atoms with E-state index >= 15 is 0 Å². The lowest BCUT2D eigenvalue weighted by Crippen LogP contribution is -2.53. The molecule has 0 spiro atoms. The standard InChI is InChI=1S/C14H31N3/c1-6-13(4)17-9-7-16(8-10-17)11-14(15-5)12(2)3/h12-15H,6-11H2,1-5H3. The van der Waals surface area contributed by atoms with E-state index in [-0.39, 0.29) is 0 Å². The number of rotatable bonds is 6. The van der Waals surface area contributed by atoms with Crippen molar-refractivity contribution < 1.29 is 0 Å². The fourth-order valence-electron chi connectivity index (χ4n) is 2.56. The van der Waals surface area contributed by atoms with E-state index in [9.17, 15) is 0 Å². The van der Waals surface area contributed by atoms with Gasteiger partial charge >= 0.3 is 0 Å². The fourth-order valence-corrected chi connectivity index (χ4v) is 2.56. The Bertz CT molecular complexity index is 198. The first-order chi connectivity index (χ1) is 8.08. The highest BCUT2D eigenvalue weighted by Gasteiger charge is 2.22. The van der Waals surface area contributed by atoms with Gasteiger partial charge in [0.25, 0.3) is 0 Å². The maximum atomic E-state index is 3.44. The van der Waals surface area contributed by atoms with E-state index in [1.165, 1.54) is 39.1 Å². The number of nitrogens with one attached hydrogen (secondary N) is 1. The molecule has 0 aromatic carbocycles. The predicted octanol–water partition coefficient (Wildman–Crippen LogP) is 1.65. The smallest absolute Gasteiger partial charge is 0.0214 e. The summed E-state index contributed by atoms with van der Waals surface area (Å²) in [5.74, 6) is 0.715. The molecule has 2 unspecified atom stereocenters. The van der Waals surface area contributed by atoms with Crippen molar-refractivity contribution in [2.24, 2.45) is 5.92 Å². The number of piperazine rings is 1. The molecule has 1 rings (SSSR count). The van der Waals surface area contributed by atoms with Gasteiger partial charge < -0.3 is 5.32 Å². The molecule has 2 atom stereocenters. The van der Waals surface area contributed by atoms with E-state index in [2.05, 4.69) is 49.9 Å². The zero-order valence-electron chi connectivity index (χ0n) is 12.4. The SMILES string of the molecule is CCC(C)N1CCN(CC(NC)C(C)C)CC1. The number of hydrogen-bond acceptors (Lipinski definition) is 3. The van der Waals surface area contributed by atoms with Gasteiger partial charge in [0.05, 0.1) is 0 Å². The topological polar surface area (TPSA) is 18.5 Å². The molecule has 1 N–H and O–H groups in total. The molecule has 0 bridgehead atoms. The van der Waals surface area contributed by atoms with E-state index in [4.69, 9.17) is 0 Å². The van der Waals surface area contributed by atoms with Crippen LogP contribution in [-0.2, 0) is 0 Å². The molecule has 0 aromatic heterocycles. The molecule has 1 heterocycles. The maximum absolute atomic E-state index is 3.44. The van der Waals surface area contributed by atoms with Gasteiger partial charge in [-0.15, -0.1) is 0 Å². The second-order valence-electron chi connectivity index (χ2n) is 5.73. The quantitative estimate of drug-likeness (QED) is 0.763. The molecule has 1 saturated heterocycles. The van der Waals surface area contributed by atoms with Crippen LogP contribution in [0.4, 0.5) is 0 Å². The summed E-state index contributed by atoms with van der Waals surface area (Å²) in [7, 11) is 2.08. The molecule has 17 heavy (non-hydrogen) atoms. The number of likely N-dealkylation sites (N-methyl/N-ethyl adjacent to an activating group) is 1. The van der Waals surface area contributed by atoms with Crippen molar-refractivity contribution in [2.45, 2.75) is 46.2 Å². The number of hydrogen-bond donors (Lipinski definition) is 1. The van der Waals surface area contributed by atoms with Crippen molar-refractivity contribution >= 4 is 0 Å². The van der Waals surface area contributed by atoms with Crippen molar-refractivity contribution in [3.05, 3.63) is 0 Å². The van der Waals surface area contributed by atoms with Gasteiger partial charge in [0.15, 0.2) is 0 Å². The van der Waals surface area contributed by atoms with Gasteiger partial charge in [0, 0.05) is 44.8 Å². The van der Waals surface area contributed by atoms with Crippen molar-refractivity contribution in [3.63, 3.8) is 0 Å². The molecular weight excluding hydrogens is 210 g/mol. The minimum Gasteiger partial charge on any atom is -0.315 e. The van der Waals surface area contributed by atoms with Gasteiger partial charge in [-0.05, 0) is 26.3 Å². The van der Waals surface area contributed by atoms with Crippen LogP contribution in [0.3, 0.4) is 0 Å². The molecule has 0 saturated carbocycles. The Labute approximate surface area is 108 Å². The fraction of sp³-hybridized carbons (Fsp3) is 1.00. The third-order valence-electron chi connectivity index (χ3n) is 4.25. The van der Waals surface area contributed by atoms with E-state index in [1.54, 1.807) is 0 Å². The summed E-state index contributed by atoms with van der Waals surface area (Å²) in [5, 5.41) is 3.44. The Morgan fingerprint density at radius 1 is 1.06 bits per heavy atom. The van der Waals surface area contributed by atoms with Crippen molar-refractivity contribution in [1.29, 1.82) is 0 Å². The van der Waals surface area contributed by atoms with E-state index in [0.717, 1.165) is 6.04 Å². The second-order valence-corrected chi connectivity index (χ2v) is 5.73. The van der Waals surface area contributed by atoms with Crippen molar-refractivity contribution in [2.75, 3.05) is 39.8 Å². The van der Waals surface area contributed by atoms with Crippen LogP contribution in [0.15, 0.2) is 0 Å². The van der Waals surface area contributed by atoms with Crippen LogP contribution in [0.2, 0.25) is 0 Å². The minimum atomic E-state index is 0.630. The molecule has 0 amide bonds. The van der Waals surface area contributed by atoms with Gasteiger partial charge in [-0.2, -0.15) is 0 Å². The second kappa shape index (κ2) is 7.34. The average molecular weight is 241 g/mol. The zero-order chi connectivity index (χ0) is 12.8. The minimum absolute atomic E-state index is 0.630. The maximum Gasteiger partial charge on any atom is 0.0214 e. The monoisotopic (exact) mass is 241 g/mol. The van der Waals surface area contributed by atoms with Crippen molar-refractivity contribution in [1.82, 2.24) is 15.1 Å². The van der Waals surface area contributed by atoms with Crippen LogP contribution >= 0.6 is 0 Å². The summed E-state index contributed by atoms with van der Waals surface area (Å²) < 4.78 is 0. The van der Waals surface area contributed by atoms with Gasteiger partial charge in [-0.25, -0.2) is 0 Å². The molecule has 1 aliphatic heterocycles. The lowest BCUT2D eigenvalue weighted by molar-refractivity contribution is 0.0904. The molecule has 0 aromatic rings. The summed E-state index contributed by atoms with van der Waals surface area (Å²) in [6.07, 6.45) is 1.27. The van der Waals surface area contributed by atoms with Crippen LogP contribution in [0.25, 0.3) is 0 Å². The Hall–Kier alpha value is -0.120. The molecule has 3 nitrogen and oxygen atoms in total. The first kappa shape index (κ1) is 14.9. The van der Waals surface area contributed by atoms with Gasteiger partial charge in [-0.3, -0.25) is 9.80 Å². The third-order valence-corrected chi connectivity index (χ3v) is 4.25. The first-order valence-corrected chi connectivity index (χ1v) is 7.22. The summed E-state index contributed by atoms with van der Waals surface area (Å²) in [6, 6.07) is 1.38. The van der Waals surface area contributed by atoms with Gasteiger partial charge in [0.1, 0.15) is 0 Å². The van der Waals surface area contributed by atoms with E-state index < -0.39 is 0 Å². The third kappa shape index (κ3) is 4.57. The molecule has 0 radical (unpaired) electrons. The highest BCUT2D eigenvalue weighted by atomic mass is 15.3. The Morgan fingerprint density at radius 2 is 1.65 bits per heavy atom. The largest absolute Gasteiger partial charge is 0.315 e. The summed E-state index contributed by atoms with van der Waals surface area (Å²) in [5.41, 5.74) is 0. The van der Waals surface area contributed by atoms with Crippen molar-refractivity contribution in [3.8, 4) is 0 Å².